The first-order valence-corrected chi connectivity index (χ1v) is 7.69. The molecule has 0 N–H and O–H groups in total. The average Bonchev–Trinajstić information content (AvgIpc) is 2.38. The van der Waals surface area contributed by atoms with Crippen molar-refractivity contribution in [2.24, 2.45) is 0 Å². The van der Waals surface area contributed by atoms with Crippen LogP contribution < -0.4 is 0 Å². The standard InChI is InChI=1S/C14H18BrClFNO/c1-3-11(4-2)18(8-7-16)14(19)12-6-5-10(15)9-13(12)17/h5-6,9,11H,3-4,7-8H2,1-2H3. The molecule has 19 heavy (non-hydrogen) atoms. The molecule has 106 valence electrons. The van der Waals surface area contributed by atoms with Gasteiger partial charge in [0.1, 0.15) is 5.82 Å². The molecule has 0 heterocycles. The minimum atomic E-state index is -0.509. The molecule has 2 nitrogen and oxygen atoms in total. The van der Waals surface area contributed by atoms with Crippen LogP contribution in [-0.2, 0) is 0 Å². The summed E-state index contributed by atoms with van der Waals surface area (Å²) in [4.78, 5) is 14.1. The number of hydrogen-bond acceptors (Lipinski definition) is 1. The van der Waals surface area contributed by atoms with E-state index in [-0.39, 0.29) is 17.5 Å². The van der Waals surface area contributed by atoms with Crippen LogP contribution in [-0.4, -0.2) is 29.3 Å². The summed E-state index contributed by atoms with van der Waals surface area (Å²) in [7, 11) is 0. The van der Waals surface area contributed by atoms with E-state index >= 15 is 0 Å². The second kappa shape index (κ2) is 7.85. The first-order valence-electron chi connectivity index (χ1n) is 6.37. The van der Waals surface area contributed by atoms with Crippen molar-refractivity contribution in [1.29, 1.82) is 0 Å². The highest BCUT2D eigenvalue weighted by Gasteiger charge is 2.24. The quantitative estimate of drug-likeness (QED) is 0.694. The van der Waals surface area contributed by atoms with Crippen LogP contribution in [0.25, 0.3) is 0 Å². The number of carbonyl (C=O) groups is 1. The zero-order valence-corrected chi connectivity index (χ0v) is 13.5. The molecule has 0 bridgehead atoms. The van der Waals surface area contributed by atoms with E-state index in [1.807, 2.05) is 13.8 Å². The van der Waals surface area contributed by atoms with Crippen LogP contribution in [0, 0.1) is 5.82 Å². The van der Waals surface area contributed by atoms with Crippen LogP contribution in [0.15, 0.2) is 22.7 Å². The Morgan fingerprint density at radius 2 is 2.05 bits per heavy atom. The molecular weight excluding hydrogens is 333 g/mol. The molecule has 0 fully saturated rings. The predicted octanol–water partition coefficient (Wildman–Crippen LogP) is 4.46. The van der Waals surface area contributed by atoms with Gasteiger partial charge in [-0.1, -0.05) is 29.8 Å². The van der Waals surface area contributed by atoms with Crippen LogP contribution in [0.5, 0.6) is 0 Å². The van der Waals surface area contributed by atoms with E-state index in [9.17, 15) is 9.18 Å². The van der Waals surface area contributed by atoms with Gasteiger partial charge in [-0.2, -0.15) is 0 Å². The highest BCUT2D eigenvalue weighted by molar-refractivity contribution is 9.10. The smallest absolute Gasteiger partial charge is 0.257 e. The molecule has 1 rings (SSSR count). The summed E-state index contributed by atoms with van der Waals surface area (Å²) in [6.45, 7) is 4.46. The third kappa shape index (κ3) is 4.18. The zero-order chi connectivity index (χ0) is 14.4. The Hall–Kier alpha value is -0.610. The van der Waals surface area contributed by atoms with Gasteiger partial charge in [-0.05, 0) is 31.0 Å². The summed E-state index contributed by atoms with van der Waals surface area (Å²) >= 11 is 8.94. The summed E-state index contributed by atoms with van der Waals surface area (Å²) in [5.41, 5.74) is 0.0974. The fourth-order valence-corrected chi connectivity index (χ4v) is 2.60. The Kier molecular flexibility index (Phi) is 6.80. The predicted molar refractivity (Wildman–Crippen MR) is 80.2 cm³/mol. The van der Waals surface area contributed by atoms with Crippen LogP contribution in [0.4, 0.5) is 4.39 Å². The highest BCUT2D eigenvalue weighted by Crippen LogP contribution is 2.19. The summed E-state index contributed by atoms with van der Waals surface area (Å²) in [5, 5.41) is 0. The molecule has 0 saturated heterocycles. The number of alkyl halides is 1. The van der Waals surface area contributed by atoms with E-state index in [1.165, 1.54) is 12.1 Å². The van der Waals surface area contributed by atoms with Gasteiger partial charge >= 0.3 is 0 Å². The van der Waals surface area contributed by atoms with Gasteiger partial charge in [0, 0.05) is 22.9 Å². The summed E-state index contributed by atoms with van der Waals surface area (Å²) in [5.74, 6) is -0.454. The van der Waals surface area contributed by atoms with Gasteiger partial charge < -0.3 is 4.90 Å². The Bertz CT molecular complexity index is 437. The molecular formula is C14H18BrClFNO. The lowest BCUT2D eigenvalue weighted by atomic mass is 10.1. The van der Waals surface area contributed by atoms with E-state index in [2.05, 4.69) is 15.9 Å². The maximum Gasteiger partial charge on any atom is 0.257 e. The van der Waals surface area contributed by atoms with Gasteiger partial charge in [0.2, 0.25) is 0 Å². The Balaban J connectivity index is 3.04. The monoisotopic (exact) mass is 349 g/mol. The number of carbonyl (C=O) groups excluding carboxylic acids is 1. The van der Waals surface area contributed by atoms with Crippen molar-refractivity contribution < 1.29 is 9.18 Å². The summed E-state index contributed by atoms with van der Waals surface area (Å²) < 4.78 is 14.5. The minimum absolute atomic E-state index is 0.0919. The topological polar surface area (TPSA) is 20.3 Å². The van der Waals surface area contributed by atoms with Crippen molar-refractivity contribution in [2.75, 3.05) is 12.4 Å². The maximum absolute atomic E-state index is 13.9. The average molecular weight is 351 g/mol. The van der Waals surface area contributed by atoms with E-state index in [4.69, 9.17) is 11.6 Å². The fraction of sp³-hybridized carbons (Fsp3) is 0.500. The minimum Gasteiger partial charge on any atom is -0.334 e. The SMILES string of the molecule is CCC(CC)N(CCCl)C(=O)c1ccc(Br)cc1F. The number of nitrogens with zero attached hydrogens (tertiary/aromatic N) is 1. The molecule has 0 aromatic heterocycles. The van der Waals surface area contributed by atoms with Crippen molar-refractivity contribution in [2.45, 2.75) is 32.7 Å². The third-order valence-corrected chi connectivity index (χ3v) is 3.79. The number of halogens is 3. The van der Waals surface area contributed by atoms with Crippen LogP contribution in [0.1, 0.15) is 37.0 Å². The zero-order valence-electron chi connectivity index (χ0n) is 11.1. The Labute approximate surface area is 127 Å². The molecule has 0 saturated carbocycles. The maximum atomic E-state index is 13.9. The van der Waals surface area contributed by atoms with E-state index in [1.54, 1.807) is 11.0 Å². The van der Waals surface area contributed by atoms with Gasteiger partial charge in [-0.25, -0.2) is 4.39 Å². The number of amides is 1. The van der Waals surface area contributed by atoms with Gasteiger partial charge in [0.25, 0.3) is 5.91 Å². The van der Waals surface area contributed by atoms with Crippen molar-refractivity contribution in [3.63, 3.8) is 0 Å². The molecule has 0 spiro atoms. The van der Waals surface area contributed by atoms with Gasteiger partial charge in [0.15, 0.2) is 0 Å². The third-order valence-electron chi connectivity index (χ3n) is 3.13. The molecule has 1 amide bonds. The molecule has 1 aromatic rings. The lowest BCUT2D eigenvalue weighted by Gasteiger charge is -2.30. The normalized spacial score (nSPS) is 10.8. The van der Waals surface area contributed by atoms with Crippen LogP contribution in [0.3, 0.4) is 0 Å². The van der Waals surface area contributed by atoms with Crippen LogP contribution >= 0.6 is 27.5 Å². The van der Waals surface area contributed by atoms with Crippen molar-refractivity contribution in [3.05, 3.63) is 34.1 Å². The Morgan fingerprint density at radius 3 is 2.53 bits per heavy atom. The van der Waals surface area contributed by atoms with Crippen molar-refractivity contribution >= 4 is 33.4 Å². The molecule has 0 radical (unpaired) electrons. The second-order valence-electron chi connectivity index (χ2n) is 4.28. The lowest BCUT2D eigenvalue weighted by Crippen LogP contribution is -2.41. The number of rotatable bonds is 6. The molecule has 0 aliphatic rings. The van der Waals surface area contributed by atoms with Crippen molar-refractivity contribution in [3.8, 4) is 0 Å². The molecule has 5 heteroatoms. The number of hydrogen-bond donors (Lipinski definition) is 0. The van der Waals surface area contributed by atoms with E-state index < -0.39 is 5.82 Å². The molecule has 0 aliphatic carbocycles. The van der Waals surface area contributed by atoms with E-state index in [0.717, 1.165) is 12.8 Å². The van der Waals surface area contributed by atoms with Gasteiger partial charge in [0.05, 0.1) is 5.56 Å². The summed E-state index contributed by atoms with van der Waals surface area (Å²) in [6.07, 6.45) is 1.66. The highest BCUT2D eigenvalue weighted by atomic mass is 79.9. The Morgan fingerprint density at radius 1 is 1.42 bits per heavy atom. The van der Waals surface area contributed by atoms with Crippen LogP contribution in [0.2, 0.25) is 0 Å². The molecule has 0 aliphatic heterocycles. The second-order valence-corrected chi connectivity index (χ2v) is 5.58. The first-order chi connectivity index (χ1) is 9.04. The van der Waals surface area contributed by atoms with E-state index in [0.29, 0.717) is 16.9 Å². The fourth-order valence-electron chi connectivity index (χ4n) is 2.09. The lowest BCUT2D eigenvalue weighted by molar-refractivity contribution is 0.0677. The number of benzene rings is 1. The molecule has 0 unspecified atom stereocenters. The largest absolute Gasteiger partial charge is 0.334 e. The molecule has 1 aromatic carbocycles. The van der Waals surface area contributed by atoms with Gasteiger partial charge in [-0.15, -0.1) is 11.6 Å². The van der Waals surface area contributed by atoms with Crippen molar-refractivity contribution in [1.82, 2.24) is 4.90 Å². The first kappa shape index (κ1) is 16.4. The molecule has 0 atom stereocenters. The summed E-state index contributed by atoms with van der Waals surface area (Å²) in [6, 6.07) is 4.57. The van der Waals surface area contributed by atoms with Gasteiger partial charge in [-0.3, -0.25) is 4.79 Å².